The van der Waals surface area contributed by atoms with Gasteiger partial charge in [-0.1, -0.05) is 6.07 Å². The molecule has 4 heteroatoms. The maximum atomic E-state index is 10.3. The van der Waals surface area contributed by atoms with Gasteiger partial charge in [0.2, 0.25) is 0 Å². The number of rotatable bonds is 1. The number of aryl methyl sites for hydroxylation is 1. The highest BCUT2D eigenvalue weighted by Crippen LogP contribution is 2.22. The Kier molecular flexibility index (Phi) is 2.70. The van der Waals surface area contributed by atoms with Crippen LogP contribution in [0, 0.1) is 6.92 Å². The van der Waals surface area contributed by atoms with E-state index in [4.69, 9.17) is 5.11 Å². The molecule has 0 atom stereocenters. The summed E-state index contributed by atoms with van der Waals surface area (Å²) in [6, 6.07) is 5.41. The van der Waals surface area contributed by atoms with Crippen molar-refractivity contribution in [3.05, 3.63) is 28.2 Å². The van der Waals surface area contributed by atoms with Crippen molar-refractivity contribution in [3.63, 3.8) is 0 Å². The lowest BCUT2D eigenvalue weighted by Gasteiger charge is -2.03. The van der Waals surface area contributed by atoms with Gasteiger partial charge in [0.25, 0.3) is 0 Å². The van der Waals surface area contributed by atoms with Gasteiger partial charge in [-0.15, -0.1) is 0 Å². The molecule has 0 saturated carbocycles. The van der Waals surface area contributed by atoms with Crippen LogP contribution in [0.4, 0.5) is 10.5 Å². The molecule has 1 aromatic carbocycles. The number of anilines is 1. The van der Waals surface area contributed by atoms with Gasteiger partial charge in [-0.25, -0.2) is 4.79 Å². The van der Waals surface area contributed by atoms with Crippen LogP contribution in [0.1, 0.15) is 5.56 Å². The summed E-state index contributed by atoms with van der Waals surface area (Å²) in [4.78, 5) is 10.3. The second kappa shape index (κ2) is 3.58. The number of nitrogens with one attached hydrogen (secondary N) is 1. The number of halogens is 1. The molecular formula is C8H8BrNO2. The average molecular weight is 230 g/mol. The first-order valence-electron chi connectivity index (χ1n) is 3.35. The molecule has 12 heavy (non-hydrogen) atoms. The first kappa shape index (κ1) is 9.06. The van der Waals surface area contributed by atoms with Crippen LogP contribution < -0.4 is 5.32 Å². The van der Waals surface area contributed by atoms with E-state index in [1.807, 2.05) is 19.1 Å². The molecule has 0 aliphatic carbocycles. The van der Waals surface area contributed by atoms with Gasteiger partial charge in [0.05, 0.1) is 5.69 Å². The predicted molar refractivity (Wildman–Crippen MR) is 50.5 cm³/mol. The second-order valence-electron chi connectivity index (χ2n) is 2.41. The normalized spacial score (nSPS) is 9.50. The molecule has 0 aliphatic rings. The zero-order valence-corrected chi connectivity index (χ0v) is 8.05. The molecule has 0 radical (unpaired) electrons. The second-order valence-corrected chi connectivity index (χ2v) is 3.27. The summed E-state index contributed by atoms with van der Waals surface area (Å²) in [5.41, 5.74) is 1.64. The zero-order valence-electron chi connectivity index (χ0n) is 6.47. The molecular weight excluding hydrogens is 222 g/mol. The summed E-state index contributed by atoms with van der Waals surface area (Å²) in [5, 5.41) is 10.7. The molecule has 1 amide bonds. The lowest BCUT2D eigenvalue weighted by Crippen LogP contribution is -2.07. The highest BCUT2D eigenvalue weighted by atomic mass is 79.9. The fourth-order valence-electron chi connectivity index (χ4n) is 0.837. The molecule has 0 spiro atoms. The highest BCUT2D eigenvalue weighted by Gasteiger charge is 2.01. The molecule has 2 N–H and O–H groups in total. The Morgan fingerprint density at radius 3 is 2.75 bits per heavy atom. The lowest BCUT2D eigenvalue weighted by molar-refractivity contribution is 0.209. The quantitative estimate of drug-likeness (QED) is 0.779. The monoisotopic (exact) mass is 229 g/mol. The summed E-state index contributed by atoms with van der Waals surface area (Å²) in [7, 11) is 0. The van der Waals surface area contributed by atoms with Crippen molar-refractivity contribution in [1.29, 1.82) is 0 Å². The molecule has 1 rings (SSSR count). The number of hydrogen-bond acceptors (Lipinski definition) is 1. The van der Waals surface area contributed by atoms with Crippen molar-refractivity contribution < 1.29 is 9.90 Å². The zero-order chi connectivity index (χ0) is 9.14. The van der Waals surface area contributed by atoms with Crippen LogP contribution in [0.15, 0.2) is 22.7 Å². The maximum Gasteiger partial charge on any atom is 0.409 e. The smallest absolute Gasteiger partial charge is 0.409 e. The van der Waals surface area contributed by atoms with Gasteiger partial charge in [-0.2, -0.15) is 0 Å². The van der Waals surface area contributed by atoms with E-state index in [0.717, 1.165) is 10.0 Å². The van der Waals surface area contributed by atoms with E-state index < -0.39 is 6.09 Å². The van der Waals surface area contributed by atoms with Crippen molar-refractivity contribution in [2.24, 2.45) is 0 Å². The SMILES string of the molecule is Cc1ccc(NC(=O)O)c(Br)c1. The molecule has 0 heterocycles. The highest BCUT2D eigenvalue weighted by molar-refractivity contribution is 9.10. The molecule has 0 unspecified atom stereocenters. The fourth-order valence-corrected chi connectivity index (χ4v) is 1.43. The van der Waals surface area contributed by atoms with Gasteiger partial charge in [0, 0.05) is 4.47 Å². The van der Waals surface area contributed by atoms with Crippen LogP contribution in [0.25, 0.3) is 0 Å². The third-order valence-electron chi connectivity index (χ3n) is 1.37. The number of benzene rings is 1. The van der Waals surface area contributed by atoms with E-state index in [1.165, 1.54) is 0 Å². The van der Waals surface area contributed by atoms with E-state index >= 15 is 0 Å². The van der Waals surface area contributed by atoms with E-state index in [0.29, 0.717) is 5.69 Å². The number of amides is 1. The van der Waals surface area contributed by atoms with Crippen molar-refractivity contribution in [2.45, 2.75) is 6.92 Å². The summed E-state index contributed by atoms with van der Waals surface area (Å²) in [6.45, 7) is 1.94. The molecule has 0 aromatic heterocycles. The van der Waals surface area contributed by atoms with Gasteiger partial charge in [0.15, 0.2) is 0 Å². The molecule has 1 aromatic rings. The Hall–Kier alpha value is -1.03. The molecule has 3 nitrogen and oxygen atoms in total. The Labute approximate surface area is 78.5 Å². The Bertz CT molecular complexity index is 312. The van der Waals surface area contributed by atoms with Crippen molar-refractivity contribution >= 4 is 27.7 Å². The van der Waals surface area contributed by atoms with E-state index in [9.17, 15) is 4.79 Å². The molecule has 0 bridgehead atoms. The Morgan fingerprint density at radius 1 is 1.58 bits per heavy atom. The van der Waals surface area contributed by atoms with Gasteiger partial charge in [0.1, 0.15) is 0 Å². The van der Waals surface area contributed by atoms with Crippen LogP contribution >= 0.6 is 15.9 Å². The molecule has 0 saturated heterocycles. The summed E-state index contributed by atoms with van der Waals surface area (Å²) < 4.78 is 0.755. The molecule has 64 valence electrons. The molecule has 0 aliphatic heterocycles. The molecule has 0 fully saturated rings. The van der Waals surface area contributed by atoms with Gasteiger partial charge in [-0.05, 0) is 40.5 Å². The number of carboxylic acid groups (broad SMARTS) is 1. The minimum atomic E-state index is -1.06. The van der Waals surface area contributed by atoms with Crippen LogP contribution in [0.2, 0.25) is 0 Å². The maximum absolute atomic E-state index is 10.3. The summed E-state index contributed by atoms with van der Waals surface area (Å²) >= 11 is 3.25. The van der Waals surface area contributed by atoms with Gasteiger partial charge < -0.3 is 5.11 Å². The van der Waals surface area contributed by atoms with Crippen LogP contribution in [-0.2, 0) is 0 Å². The van der Waals surface area contributed by atoms with E-state index in [1.54, 1.807) is 6.07 Å². The largest absolute Gasteiger partial charge is 0.465 e. The Morgan fingerprint density at radius 2 is 2.25 bits per heavy atom. The number of hydrogen-bond donors (Lipinski definition) is 2. The first-order chi connectivity index (χ1) is 5.59. The van der Waals surface area contributed by atoms with Crippen LogP contribution in [0.3, 0.4) is 0 Å². The minimum Gasteiger partial charge on any atom is -0.465 e. The summed E-state index contributed by atoms with van der Waals surface area (Å²) in [5.74, 6) is 0. The number of carbonyl (C=O) groups is 1. The van der Waals surface area contributed by atoms with Gasteiger partial charge in [-0.3, -0.25) is 5.32 Å². The Balaban J connectivity index is 2.93. The topological polar surface area (TPSA) is 49.3 Å². The van der Waals surface area contributed by atoms with Gasteiger partial charge >= 0.3 is 6.09 Å². The van der Waals surface area contributed by atoms with Crippen molar-refractivity contribution in [1.82, 2.24) is 0 Å². The average Bonchev–Trinajstić information content (AvgIpc) is 1.94. The van der Waals surface area contributed by atoms with Crippen LogP contribution in [-0.4, -0.2) is 11.2 Å². The first-order valence-corrected chi connectivity index (χ1v) is 4.15. The summed E-state index contributed by atoms with van der Waals surface area (Å²) in [6.07, 6.45) is -1.06. The van der Waals surface area contributed by atoms with Crippen molar-refractivity contribution in [3.8, 4) is 0 Å². The lowest BCUT2D eigenvalue weighted by atomic mass is 10.2. The van der Waals surface area contributed by atoms with Crippen LogP contribution in [0.5, 0.6) is 0 Å². The van der Waals surface area contributed by atoms with E-state index in [-0.39, 0.29) is 0 Å². The third kappa shape index (κ3) is 2.23. The van der Waals surface area contributed by atoms with E-state index in [2.05, 4.69) is 21.2 Å². The standard InChI is InChI=1S/C8H8BrNO2/c1-5-2-3-7(6(9)4-5)10-8(11)12/h2-4,10H,1H3,(H,11,12). The third-order valence-corrected chi connectivity index (χ3v) is 2.02. The minimum absolute atomic E-state index is 0.563. The predicted octanol–water partition coefficient (Wildman–Crippen LogP) is 2.85. The van der Waals surface area contributed by atoms with Crippen molar-refractivity contribution in [2.75, 3.05) is 5.32 Å². The fraction of sp³-hybridized carbons (Fsp3) is 0.125.